The van der Waals surface area contributed by atoms with Crippen molar-refractivity contribution in [1.29, 1.82) is 0 Å². The van der Waals surface area contributed by atoms with Gasteiger partial charge in [-0.1, -0.05) is 6.08 Å². The average Bonchev–Trinajstić information content (AvgIpc) is 2.23. The molecule has 0 atom stereocenters. The Hall–Kier alpha value is -1.51. The molecule has 78 valence electrons. The Morgan fingerprint density at radius 1 is 1.13 bits per heavy atom. The van der Waals surface area contributed by atoms with Crippen LogP contribution in [0.15, 0.2) is 24.3 Å². The van der Waals surface area contributed by atoms with Crippen molar-refractivity contribution in [3.63, 3.8) is 0 Å². The molecule has 2 rings (SSSR count). The summed E-state index contributed by atoms with van der Waals surface area (Å²) in [5, 5.41) is 0. The van der Waals surface area contributed by atoms with Crippen LogP contribution in [0, 0.1) is 11.6 Å². The van der Waals surface area contributed by atoms with Gasteiger partial charge in [-0.05, 0) is 30.2 Å². The molecule has 0 heterocycles. The minimum absolute atomic E-state index is 0.149. The highest BCUT2D eigenvalue weighted by Crippen LogP contribution is 2.27. The van der Waals surface area contributed by atoms with Gasteiger partial charge in [0, 0.05) is 18.4 Å². The monoisotopic (exact) mass is 208 g/mol. The fourth-order valence-corrected chi connectivity index (χ4v) is 1.70. The molecule has 0 unspecified atom stereocenters. The highest BCUT2D eigenvalue weighted by Gasteiger charge is 2.15. The fourth-order valence-electron chi connectivity index (χ4n) is 1.70. The van der Waals surface area contributed by atoms with Crippen molar-refractivity contribution >= 4 is 11.4 Å². The Bertz CT molecular complexity index is 435. The largest absolute Gasteiger partial charge is 0.299 e. The second-order valence-electron chi connectivity index (χ2n) is 3.60. The second-order valence-corrected chi connectivity index (χ2v) is 3.60. The topological polar surface area (TPSA) is 17.1 Å². The fraction of sp³-hybridized carbons (Fsp3) is 0.250. The number of allylic oxidation sites excluding steroid dienone is 2. The molecule has 0 spiro atoms. The van der Waals surface area contributed by atoms with Crippen LogP contribution in [0.1, 0.15) is 24.8 Å². The first-order valence-electron chi connectivity index (χ1n) is 4.83. The number of ketones is 1. The molecule has 0 saturated carbocycles. The third-order valence-corrected chi connectivity index (χ3v) is 2.52. The van der Waals surface area contributed by atoms with E-state index in [1.165, 1.54) is 6.07 Å². The molecular weight excluding hydrogens is 198 g/mol. The van der Waals surface area contributed by atoms with E-state index in [-0.39, 0.29) is 11.3 Å². The Balaban J connectivity index is 2.37. The molecule has 1 aliphatic carbocycles. The number of benzene rings is 1. The summed E-state index contributed by atoms with van der Waals surface area (Å²) < 4.78 is 26.3. The Morgan fingerprint density at radius 2 is 1.93 bits per heavy atom. The first kappa shape index (κ1) is 10.0. The molecule has 0 aliphatic heterocycles. The second kappa shape index (κ2) is 3.93. The maximum absolute atomic E-state index is 13.4. The van der Waals surface area contributed by atoms with Crippen molar-refractivity contribution < 1.29 is 13.6 Å². The predicted octanol–water partition coefficient (Wildman–Crippen LogP) is 3.10. The number of carbonyl (C=O) groups excluding carboxylic acids is 1. The highest BCUT2D eigenvalue weighted by molar-refractivity contribution is 5.86. The summed E-state index contributed by atoms with van der Waals surface area (Å²) in [5.74, 6) is -0.739. The molecule has 15 heavy (non-hydrogen) atoms. The van der Waals surface area contributed by atoms with E-state index in [1.807, 2.05) is 0 Å². The summed E-state index contributed by atoms with van der Waals surface area (Å²) in [7, 11) is 0. The van der Waals surface area contributed by atoms with Gasteiger partial charge in [0.1, 0.15) is 17.4 Å². The molecule has 0 radical (unpaired) electrons. The molecule has 0 aromatic heterocycles. The average molecular weight is 208 g/mol. The first-order valence-corrected chi connectivity index (χ1v) is 4.83. The summed E-state index contributed by atoms with van der Waals surface area (Å²) >= 11 is 0. The zero-order valence-electron chi connectivity index (χ0n) is 8.09. The number of hydrogen-bond donors (Lipinski definition) is 0. The molecule has 1 nitrogen and oxygen atoms in total. The zero-order chi connectivity index (χ0) is 10.8. The minimum Gasteiger partial charge on any atom is -0.299 e. The molecule has 1 aromatic rings. The summed E-state index contributed by atoms with van der Waals surface area (Å²) in [6.45, 7) is 0. The van der Waals surface area contributed by atoms with Crippen LogP contribution in [0.2, 0.25) is 0 Å². The maximum Gasteiger partial charge on any atom is 0.137 e. The predicted molar refractivity (Wildman–Crippen MR) is 53.2 cm³/mol. The lowest BCUT2D eigenvalue weighted by molar-refractivity contribution is -0.118. The Morgan fingerprint density at radius 3 is 2.60 bits per heavy atom. The van der Waals surface area contributed by atoms with Crippen LogP contribution in [-0.4, -0.2) is 5.78 Å². The van der Waals surface area contributed by atoms with Gasteiger partial charge in [0.05, 0.1) is 0 Å². The van der Waals surface area contributed by atoms with Gasteiger partial charge in [-0.25, -0.2) is 8.78 Å². The molecule has 0 amide bonds. The van der Waals surface area contributed by atoms with Crippen molar-refractivity contribution in [2.45, 2.75) is 19.3 Å². The van der Waals surface area contributed by atoms with Crippen LogP contribution in [0.5, 0.6) is 0 Å². The molecule has 0 fully saturated rings. The number of rotatable bonds is 1. The van der Waals surface area contributed by atoms with Crippen molar-refractivity contribution in [2.24, 2.45) is 0 Å². The molecular formula is C12H10F2O. The molecule has 1 aliphatic rings. The SMILES string of the molecule is O=C1CC=C(c2cc(F)ccc2F)CC1. The molecule has 0 saturated heterocycles. The number of halogens is 2. The molecule has 0 bridgehead atoms. The lowest BCUT2D eigenvalue weighted by Crippen LogP contribution is -2.04. The number of carbonyl (C=O) groups is 1. The van der Waals surface area contributed by atoms with Gasteiger partial charge in [0.2, 0.25) is 0 Å². The number of Topliss-reactive ketones (excluding diaryl/α,β-unsaturated/α-hetero) is 1. The lowest BCUT2D eigenvalue weighted by Gasteiger charge is -2.12. The van der Waals surface area contributed by atoms with Gasteiger partial charge >= 0.3 is 0 Å². The van der Waals surface area contributed by atoms with Gasteiger partial charge in [0.25, 0.3) is 0 Å². The maximum atomic E-state index is 13.4. The van der Waals surface area contributed by atoms with Crippen LogP contribution in [0.4, 0.5) is 8.78 Å². The van der Waals surface area contributed by atoms with E-state index in [0.717, 1.165) is 17.7 Å². The van der Waals surface area contributed by atoms with Gasteiger partial charge in [0.15, 0.2) is 0 Å². The van der Waals surface area contributed by atoms with E-state index < -0.39 is 11.6 Å². The zero-order valence-corrected chi connectivity index (χ0v) is 8.09. The van der Waals surface area contributed by atoms with Crippen LogP contribution in [-0.2, 0) is 4.79 Å². The summed E-state index contributed by atoms with van der Waals surface area (Å²) in [6.07, 6.45) is 2.93. The normalized spacial score (nSPS) is 16.4. The summed E-state index contributed by atoms with van der Waals surface area (Å²) in [6, 6.07) is 3.38. The van der Waals surface area contributed by atoms with Gasteiger partial charge in [-0.15, -0.1) is 0 Å². The van der Waals surface area contributed by atoms with Crippen molar-refractivity contribution in [3.8, 4) is 0 Å². The van der Waals surface area contributed by atoms with Gasteiger partial charge < -0.3 is 0 Å². The van der Waals surface area contributed by atoms with Crippen LogP contribution < -0.4 is 0 Å². The van der Waals surface area contributed by atoms with E-state index in [9.17, 15) is 13.6 Å². The minimum atomic E-state index is -0.454. The summed E-state index contributed by atoms with van der Waals surface area (Å²) in [5.41, 5.74) is 1.01. The van der Waals surface area contributed by atoms with Crippen LogP contribution in [0.25, 0.3) is 5.57 Å². The van der Waals surface area contributed by atoms with Gasteiger partial charge in [-0.3, -0.25) is 4.79 Å². The standard InChI is InChI=1S/C12H10F2O/c13-9-3-6-12(14)11(7-9)8-1-4-10(15)5-2-8/h1,3,6-7H,2,4-5H2. The third-order valence-electron chi connectivity index (χ3n) is 2.52. The quantitative estimate of drug-likeness (QED) is 0.693. The van der Waals surface area contributed by atoms with E-state index in [2.05, 4.69) is 0 Å². The van der Waals surface area contributed by atoms with E-state index in [1.54, 1.807) is 6.08 Å². The van der Waals surface area contributed by atoms with E-state index in [0.29, 0.717) is 19.3 Å². The van der Waals surface area contributed by atoms with E-state index >= 15 is 0 Å². The number of hydrogen-bond acceptors (Lipinski definition) is 1. The van der Waals surface area contributed by atoms with Gasteiger partial charge in [-0.2, -0.15) is 0 Å². The Kier molecular flexibility index (Phi) is 2.62. The van der Waals surface area contributed by atoms with Crippen molar-refractivity contribution in [2.75, 3.05) is 0 Å². The lowest BCUT2D eigenvalue weighted by atomic mass is 9.93. The first-order chi connectivity index (χ1) is 7.16. The van der Waals surface area contributed by atoms with E-state index in [4.69, 9.17) is 0 Å². The van der Waals surface area contributed by atoms with Crippen LogP contribution in [0.3, 0.4) is 0 Å². The summed E-state index contributed by atoms with van der Waals surface area (Å²) in [4.78, 5) is 11.0. The van der Waals surface area contributed by atoms with Crippen LogP contribution >= 0.6 is 0 Å². The third kappa shape index (κ3) is 2.12. The Labute approximate surface area is 86.4 Å². The van der Waals surface area contributed by atoms with Crippen molar-refractivity contribution in [3.05, 3.63) is 41.5 Å². The molecule has 3 heteroatoms. The van der Waals surface area contributed by atoms with Crippen molar-refractivity contribution in [1.82, 2.24) is 0 Å². The smallest absolute Gasteiger partial charge is 0.137 e. The molecule has 0 N–H and O–H groups in total. The molecule has 1 aromatic carbocycles. The highest BCUT2D eigenvalue weighted by atomic mass is 19.1.